The number of para-hydroxylation sites is 2. The number of nitro benzene ring substituents is 1. The molecule has 0 aliphatic rings. The maximum atomic E-state index is 12.9. The Labute approximate surface area is 192 Å². The average molecular weight is 469 g/mol. The van der Waals surface area contributed by atoms with Crippen LogP contribution < -0.4 is 9.46 Å². The van der Waals surface area contributed by atoms with Crippen molar-refractivity contribution >= 4 is 21.6 Å². The second kappa shape index (κ2) is 10.3. The lowest BCUT2D eigenvalue weighted by Crippen LogP contribution is -2.31. The molecule has 0 aromatic heterocycles. The first-order valence-electron chi connectivity index (χ1n) is 10.4. The van der Waals surface area contributed by atoms with Crippen LogP contribution in [0.1, 0.15) is 36.2 Å². The van der Waals surface area contributed by atoms with Crippen LogP contribution in [0.4, 0.5) is 5.69 Å². The van der Waals surface area contributed by atoms with E-state index < -0.39 is 31.4 Å². The van der Waals surface area contributed by atoms with E-state index in [0.29, 0.717) is 18.6 Å². The Morgan fingerprint density at radius 1 is 1.03 bits per heavy atom. The topological polar surface area (TPSA) is 116 Å². The van der Waals surface area contributed by atoms with Gasteiger partial charge in [0, 0.05) is 17.2 Å². The zero-order chi connectivity index (χ0) is 24.0. The number of ether oxygens (including phenoxy) is 1. The first-order chi connectivity index (χ1) is 15.8. The first kappa shape index (κ1) is 23.9. The highest BCUT2D eigenvalue weighted by Gasteiger charge is 2.28. The summed E-state index contributed by atoms with van der Waals surface area (Å²) in [6.45, 7) is 4.44. The zero-order valence-corrected chi connectivity index (χ0v) is 19.1. The molecule has 3 aromatic rings. The van der Waals surface area contributed by atoms with Gasteiger partial charge in [-0.1, -0.05) is 56.3 Å². The average Bonchev–Trinajstić information content (AvgIpc) is 2.82. The van der Waals surface area contributed by atoms with Crippen LogP contribution in [0.3, 0.4) is 0 Å². The van der Waals surface area contributed by atoms with Crippen LogP contribution in [-0.2, 0) is 16.4 Å². The predicted octanol–water partition coefficient (Wildman–Crippen LogP) is 4.73. The number of hydrogen-bond acceptors (Lipinski definition) is 6. The van der Waals surface area contributed by atoms with Gasteiger partial charge in [0.05, 0.1) is 11.5 Å². The Kier molecular flexibility index (Phi) is 7.44. The molecule has 9 heteroatoms. The molecule has 3 rings (SSSR count). The third-order valence-corrected chi connectivity index (χ3v) is 6.35. The summed E-state index contributed by atoms with van der Waals surface area (Å²) >= 11 is 0. The van der Waals surface area contributed by atoms with E-state index in [1.165, 1.54) is 12.1 Å². The molecule has 0 radical (unpaired) electrons. The molecule has 0 atom stereocenters. The lowest BCUT2D eigenvalue weighted by Gasteiger charge is -2.14. The van der Waals surface area contributed by atoms with Crippen LogP contribution >= 0.6 is 0 Å². The van der Waals surface area contributed by atoms with E-state index in [0.717, 1.165) is 35.4 Å². The van der Waals surface area contributed by atoms with Crippen molar-refractivity contribution in [3.63, 3.8) is 0 Å². The summed E-state index contributed by atoms with van der Waals surface area (Å²) in [5.41, 5.74) is 1.90. The standard InChI is InChI=1S/C24H24N2O6S/c1-3-15-32-22-11-7-5-9-19(22)18-13-14-20(17(4-2)16-18)24(27)25-33(30,31)23-12-8-6-10-21(23)26(28)29/h5-14,16H,3-4,15H2,1-2H3,(H,25,27). The van der Waals surface area contributed by atoms with Crippen LogP contribution in [0.15, 0.2) is 71.6 Å². The second-order valence-corrected chi connectivity index (χ2v) is 8.88. The van der Waals surface area contributed by atoms with Crippen molar-refractivity contribution in [1.29, 1.82) is 0 Å². The van der Waals surface area contributed by atoms with E-state index in [9.17, 15) is 23.3 Å². The van der Waals surface area contributed by atoms with Gasteiger partial charge in [0.1, 0.15) is 5.75 Å². The van der Waals surface area contributed by atoms with Crippen LogP contribution in [0.25, 0.3) is 11.1 Å². The number of nitrogens with zero attached hydrogens (tertiary/aromatic N) is 1. The van der Waals surface area contributed by atoms with E-state index in [4.69, 9.17) is 4.74 Å². The number of nitrogens with one attached hydrogen (secondary N) is 1. The predicted molar refractivity (Wildman–Crippen MR) is 125 cm³/mol. The monoisotopic (exact) mass is 468 g/mol. The highest BCUT2D eigenvalue weighted by molar-refractivity contribution is 7.90. The number of nitro groups is 1. The Morgan fingerprint density at radius 2 is 1.73 bits per heavy atom. The molecule has 8 nitrogen and oxygen atoms in total. The highest BCUT2D eigenvalue weighted by atomic mass is 32.2. The molecule has 0 bridgehead atoms. The van der Waals surface area contributed by atoms with Gasteiger partial charge in [-0.2, -0.15) is 0 Å². The van der Waals surface area contributed by atoms with Crippen LogP contribution in [-0.4, -0.2) is 25.9 Å². The summed E-state index contributed by atoms with van der Waals surface area (Å²) in [5.74, 6) is -0.135. The van der Waals surface area contributed by atoms with E-state index in [1.807, 2.05) is 48.9 Å². The summed E-state index contributed by atoms with van der Waals surface area (Å²) in [4.78, 5) is 22.7. The molecule has 3 aromatic carbocycles. The van der Waals surface area contributed by atoms with E-state index in [-0.39, 0.29) is 5.56 Å². The molecule has 33 heavy (non-hydrogen) atoms. The van der Waals surface area contributed by atoms with Crippen LogP contribution in [0, 0.1) is 10.1 Å². The third kappa shape index (κ3) is 5.38. The minimum atomic E-state index is -4.45. The molecule has 0 fully saturated rings. The van der Waals surface area contributed by atoms with E-state index in [2.05, 4.69) is 0 Å². The van der Waals surface area contributed by atoms with Crippen molar-refractivity contribution < 1.29 is 22.9 Å². The normalized spacial score (nSPS) is 11.1. The van der Waals surface area contributed by atoms with E-state index >= 15 is 0 Å². The van der Waals surface area contributed by atoms with Gasteiger partial charge >= 0.3 is 0 Å². The number of hydrogen-bond donors (Lipinski definition) is 1. The third-order valence-electron chi connectivity index (χ3n) is 4.97. The van der Waals surface area contributed by atoms with Gasteiger partial charge in [0.25, 0.3) is 21.6 Å². The summed E-state index contributed by atoms with van der Waals surface area (Å²) in [5, 5.41) is 11.2. The quantitative estimate of drug-likeness (QED) is 0.358. The fourth-order valence-electron chi connectivity index (χ4n) is 3.39. The lowest BCUT2D eigenvalue weighted by atomic mass is 9.97. The molecule has 1 N–H and O–H groups in total. The molecule has 0 aliphatic heterocycles. The number of carbonyl (C=O) groups excluding carboxylic acids is 1. The van der Waals surface area contributed by atoms with Gasteiger partial charge in [-0.15, -0.1) is 0 Å². The fourth-order valence-corrected chi connectivity index (χ4v) is 4.53. The number of sulfonamides is 1. The van der Waals surface area contributed by atoms with Gasteiger partial charge in [-0.05, 0) is 42.2 Å². The number of benzene rings is 3. The molecular weight excluding hydrogens is 444 g/mol. The zero-order valence-electron chi connectivity index (χ0n) is 18.3. The largest absolute Gasteiger partial charge is 0.493 e. The van der Waals surface area contributed by atoms with Gasteiger partial charge in [0.15, 0.2) is 4.90 Å². The fraction of sp³-hybridized carbons (Fsp3) is 0.208. The first-order valence-corrected chi connectivity index (χ1v) is 11.9. The maximum absolute atomic E-state index is 12.9. The van der Waals surface area contributed by atoms with Crippen molar-refractivity contribution in [2.75, 3.05) is 6.61 Å². The highest BCUT2D eigenvalue weighted by Crippen LogP contribution is 2.32. The minimum Gasteiger partial charge on any atom is -0.493 e. The summed E-state index contributed by atoms with van der Waals surface area (Å²) in [7, 11) is -4.45. The van der Waals surface area contributed by atoms with Crippen molar-refractivity contribution in [1.82, 2.24) is 4.72 Å². The Morgan fingerprint density at radius 3 is 2.42 bits per heavy atom. The maximum Gasteiger partial charge on any atom is 0.289 e. The van der Waals surface area contributed by atoms with Crippen LogP contribution in [0.2, 0.25) is 0 Å². The lowest BCUT2D eigenvalue weighted by molar-refractivity contribution is -0.387. The van der Waals surface area contributed by atoms with Gasteiger partial charge in [0.2, 0.25) is 0 Å². The molecule has 1 amide bonds. The number of rotatable bonds is 9. The minimum absolute atomic E-state index is 0.176. The van der Waals surface area contributed by atoms with Crippen molar-refractivity contribution in [3.8, 4) is 16.9 Å². The molecular formula is C24H24N2O6S. The molecule has 0 aliphatic carbocycles. The molecule has 0 unspecified atom stereocenters. The van der Waals surface area contributed by atoms with Crippen molar-refractivity contribution in [2.24, 2.45) is 0 Å². The molecule has 0 heterocycles. The Hall–Kier alpha value is -3.72. The summed E-state index contributed by atoms with van der Waals surface area (Å²) < 4.78 is 33.2. The van der Waals surface area contributed by atoms with E-state index in [1.54, 1.807) is 12.1 Å². The van der Waals surface area contributed by atoms with Crippen LogP contribution in [0.5, 0.6) is 5.75 Å². The molecule has 0 spiro atoms. The molecule has 0 saturated carbocycles. The summed E-state index contributed by atoms with van der Waals surface area (Å²) in [6.07, 6.45) is 1.34. The smallest absolute Gasteiger partial charge is 0.289 e. The number of carbonyl (C=O) groups is 1. The number of amides is 1. The van der Waals surface area contributed by atoms with Gasteiger partial charge < -0.3 is 4.74 Å². The molecule has 172 valence electrons. The second-order valence-electron chi connectivity index (χ2n) is 7.23. The Bertz CT molecular complexity index is 1290. The van der Waals surface area contributed by atoms with Crippen molar-refractivity contribution in [2.45, 2.75) is 31.6 Å². The summed E-state index contributed by atoms with van der Waals surface area (Å²) in [6, 6.07) is 17.5. The van der Waals surface area contributed by atoms with Crippen molar-refractivity contribution in [3.05, 3.63) is 88.0 Å². The van der Waals surface area contributed by atoms with Gasteiger partial charge in [-0.3, -0.25) is 14.9 Å². The molecule has 0 saturated heterocycles. The Balaban J connectivity index is 1.94. The van der Waals surface area contributed by atoms with Gasteiger partial charge in [-0.25, -0.2) is 13.1 Å². The SMILES string of the molecule is CCCOc1ccccc1-c1ccc(C(=O)NS(=O)(=O)c2ccccc2[N+](=O)[O-])c(CC)c1. The number of aryl methyl sites for hydroxylation is 1.